The molecular weight excluding hydrogens is 350 g/mol. The first-order valence-electron chi connectivity index (χ1n) is 8.76. The van der Waals surface area contributed by atoms with Crippen molar-refractivity contribution in [2.45, 2.75) is 25.6 Å². The molecule has 2 aromatic rings. The van der Waals surface area contributed by atoms with E-state index in [-0.39, 0.29) is 18.0 Å². The van der Waals surface area contributed by atoms with Crippen LogP contribution in [0.15, 0.2) is 42.5 Å². The summed E-state index contributed by atoms with van der Waals surface area (Å²) < 4.78 is 0. The molecule has 0 spiro atoms. The van der Waals surface area contributed by atoms with E-state index in [2.05, 4.69) is 10.2 Å². The molecule has 6 heteroatoms. The first-order valence-corrected chi connectivity index (χ1v) is 9.13. The summed E-state index contributed by atoms with van der Waals surface area (Å²) in [5.74, 6) is -0.119. The Balaban J connectivity index is 1.55. The van der Waals surface area contributed by atoms with E-state index < -0.39 is 0 Å². The van der Waals surface area contributed by atoms with Crippen molar-refractivity contribution in [2.75, 3.05) is 18.5 Å². The highest BCUT2D eigenvalue weighted by molar-refractivity contribution is 6.31. The zero-order valence-corrected chi connectivity index (χ0v) is 15.3. The normalized spacial score (nSPS) is 18.5. The molecule has 5 nitrogen and oxygen atoms in total. The van der Waals surface area contributed by atoms with Crippen molar-refractivity contribution in [1.82, 2.24) is 10.2 Å². The minimum Gasteiger partial charge on any atom is -0.354 e. The molecule has 2 aliphatic heterocycles. The number of nitrogens with one attached hydrogen (secondary N) is 1. The maximum Gasteiger partial charge on any atom is 0.257 e. The number of halogens is 1. The number of amides is 2. The molecule has 1 N–H and O–H groups in total. The summed E-state index contributed by atoms with van der Waals surface area (Å²) in [7, 11) is 1.99. The Labute approximate surface area is 157 Å². The number of anilines is 1. The van der Waals surface area contributed by atoms with Gasteiger partial charge in [-0.3, -0.25) is 9.59 Å². The highest BCUT2D eigenvalue weighted by Crippen LogP contribution is 2.35. The lowest BCUT2D eigenvalue weighted by atomic mass is 10.0. The van der Waals surface area contributed by atoms with Gasteiger partial charge in [0.05, 0.1) is 11.3 Å². The molecule has 0 bridgehead atoms. The molecule has 0 aromatic heterocycles. The van der Waals surface area contributed by atoms with E-state index in [4.69, 9.17) is 11.6 Å². The smallest absolute Gasteiger partial charge is 0.257 e. The fourth-order valence-corrected chi connectivity index (χ4v) is 3.97. The molecule has 2 aliphatic rings. The molecule has 2 amide bonds. The molecule has 0 unspecified atom stereocenters. The number of hydrogen-bond donors (Lipinski definition) is 1. The fraction of sp³-hybridized carbons (Fsp3) is 0.300. The van der Waals surface area contributed by atoms with Crippen LogP contribution in [0, 0.1) is 0 Å². The van der Waals surface area contributed by atoms with Crippen LogP contribution in [-0.4, -0.2) is 36.5 Å². The summed E-state index contributed by atoms with van der Waals surface area (Å²) in [4.78, 5) is 29.2. The number of hydrogen-bond acceptors (Lipinski definition) is 3. The van der Waals surface area contributed by atoms with Crippen molar-refractivity contribution < 1.29 is 9.59 Å². The maximum absolute atomic E-state index is 12.7. The monoisotopic (exact) mass is 369 g/mol. The van der Waals surface area contributed by atoms with Gasteiger partial charge >= 0.3 is 0 Å². The van der Waals surface area contributed by atoms with Gasteiger partial charge in [0.15, 0.2) is 0 Å². The standard InChI is InChI=1S/C20H20ClN3O2/c1-23-17-11-13(19(25)22-12-14-5-2-3-6-16(14)21)8-9-15(17)20(26)24-10-4-7-18(23)24/h2-3,5-6,8-9,11,18H,4,7,10,12H2,1H3,(H,22,25)/t18-/m0/s1. The Bertz CT molecular complexity index is 883. The summed E-state index contributed by atoms with van der Waals surface area (Å²) >= 11 is 6.14. The highest BCUT2D eigenvalue weighted by Gasteiger charge is 2.38. The molecule has 1 saturated heterocycles. The van der Waals surface area contributed by atoms with Gasteiger partial charge in [-0.2, -0.15) is 0 Å². The van der Waals surface area contributed by atoms with Crippen LogP contribution in [0.2, 0.25) is 5.02 Å². The lowest BCUT2D eigenvalue weighted by molar-refractivity contribution is 0.0719. The summed E-state index contributed by atoms with van der Waals surface area (Å²) in [5, 5.41) is 3.53. The molecule has 0 radical (unpaired) electrons. The number of benzene rings is 2. The first kappa shape index (κ1) is 16.9. The SMILES string of the molecule is CN1c2cc(C(=O)NCc3ccccc3Cl)ccc2C(=O)N2CCC[C@H]21. The Hall–Kier alpha value is -2.53. The van der Waals surface area contributed by atoms with Crippen molar-refractivity contribution in [1.29, 1.82) is 0 Å². The van der Waals surface area contributed by atoms with Crippen molar-refractivity contribution in [3.05, 3.63) is 64.2 Å². The van der Waals surface area contributed by atoms with Crippen molar-refractivity contribution in [3.8, 4) is 0 Å². The van der Waals surface area contributed by atoms with Crippen LogP contribution in [0.3, 0.4) is 0 Å². The number of rotatable bonds is 3. The molecule has 0 aliphatic carbocycles. The fourth-order valence-electron chi connectivity index (χ4n) is 3.77. The lowest BCUT2D eigenvalue weighted by Gasteiger charge is -2.40. The van der Waals surface area contributed by atoms with Crippen LogP contribution in [0.1, 0.15) is 39.1 Å². The van der Waals surface area contributed by atoms with E-state index in [1.54, 1.807) is 18.2 Å². The van der Waals surface area contributed by atoms with Gasteiger partial charge in [0.25, 0.3) is 11.8 Å². The number of fused-ring (bicyclic) bond motifs is 2. The first-order chi connectivity index (χ1) is 12.6. The van der Waals surface area contributed by atoms with Crippen LogP contribution in [0.25, 0.3) is 0 Å². The predicted octanol–water partition coefficient (Wildman–Crippen LogP) is 3.28. The van der Waals surface area contributed by atoms with Crippen molar-refractivity contribution >= 4 is 29.1 Å². The Kier molecular flexibility index (Phi) is 4.32. The Morgan fingerprint density at radius 1 is 1.27 bits per heavy atom. The van der Waals surface area contributed by atoms with Gasteiger partial charge in [0.2, 0.25) is 0 Å². The average Bonchev–Trinajstić information content (AvgIpc) is 3.15. The van der Waals surface area contributed by atoms with Crippen LogP contribution in [0.5, 0.6) is 0 Å². The van der Waals surface area contributed by atoms with Gasteiger partial charge < -0.3 is 15.1 Å². The molecule has 26 heavy (non-hydrogen) atoms. The minimum absolute atomic E-state index is 0.0589. The molecule has 2 aromatic carbocycles. The molecule has 134 valence electrons. The topological polar surface area (TPSA) is 52.7 Å². The van der Waals surface area contributed by atoms with Crippen molar-refractivity contribution in [2.24, 2.45) is 0 Å². The van der Waals surface area contributed by atoms with E-state index in [9.17, 15) is 9.59 Å². The summed E-state index contributed by atoms with van der Waals surface area (Å²) in [6, 6.07) is 12.7. The minimum atomic E-state index is -0.178. The third kappa shape index (κ3) is 2.82. The van der Waals surface area contributed by atoms with Crippen LogP contribution >= 0.6 is 11.6 Å². The van der Waals surface area contributed by atoms with Gasteiger partial charge in [-0.1, -0.05) is 29.8 Å². The number of carbonyl (C=O) groups excluding carboxylic acids is 2. The molecule has 4 rings (SSSR count). The van der Waals surface area contributed by atoms with Gasteiger partial charge in [-0.15, -0.1) is 0 Å². The molecule has 1 fully saturated rings. The van der Waals surface area contributed by atoms with Crippen LogP contribution < -0.4 is 10.2 Å². The third-order valence-electron chi connectivity index (χ3n) is 5.20. The second-order valence-corrected chi connectivity index (χ2v) is 7.15. The predicted molar refractivity (Wildman–Crippen MR) is 102 cm³/mol. The van der Waals surface area contributed by atoms with Gasteiger partial charge in [0, 0.05) is 30.7 Å². The zero-order chi connectivity index (χ0) is 18.3. The highest BCUT2D eigenvalue weighted by atomic mass is 35.5. The quantitative estimate of drug-likeness (QED) is 0.903. The zero-order valence-electron chi connectivity index (χ0n) is 14.5. The van der Waals surface area contributed by atoms with Gasteiger partial charge in [-0.05, 0) is 42.7 Å². The van der Waals surface area contributed by atoms with E-state index >= 15 is 0 Å². The van der Waals surface area contributed by atoms with Crippen molar-refractivity contribution in [3.63, 3.8) is 0 Å². The largest absolute Gasteiger partial charge is 0.354 e. The average molecular weight is 370 g/mol. The van der Waals surface area contributed by atoms with Crippen LogP contribution in [-0.2, 0) is 6.54 Å². The van der Waals surface area contributed by atoms with E-state index in [0.29, 0.717) is 22.7 Å². The third-order valence-corrected chi connectivity index (χ3v) is 5.57. The van der Waals surface area contributed by atoms with E-state index in [0.717, 1.165) is 30.6 Å². The molecule has 2 heterocycles. The van der Waals surface area contributed by atoms with E-state index in [1.165, 1.54) is 0 Å². The maximum atomic E-state index is 12.7. The second kappa shape index (κ2) is 6.65. The Morgan fingerprint density at radius 3 is 2.88 bits per heavy atom. The van der Waals surface area contributed by atoms with Gasteiger partial charge in [-0.25, -0.2) is 0 Å². The lowest BCUT2D eigenvalue weighted by Crippen LogP contribution is -2.50. The number of nitrogens with zero attached hydrogens (tertiary/aromatic N) is 2. The molecule has 1 atom stereocenters. The van der Waals surface area contributed by atoms with Gasteiger partial charge in [0.1, 0.15) is 6.17 Å². The summed E-state index contributed by atoms with van der Waals surface area (Å²) in [6.07, 6.45) is 2.07. The molecule has 0 saturated carbocycles. The summed E-state index contributed by atoms with van der Waals surface area (Å²) in [5.41, 5.74) is 2.90. The summed E-state index contributed by atoms with van der Waals surface area (Å²) in [6.45, 7) is 1.16. The second-order valence-electron chi connectivity index (χ2n) is 6.74. The Morgan fingerprint density at radius 2 is 2.08 bits per heavy atom. The van der Waals surface area contributed by atoms with E-state index in [1.807, 2.05) is 36.2 Å². The molecular formula is C20H20ClN3O2. The van der Waals surface area contributed by atoms with Crippen LogP contribution in [0.4, 0.5) is 5.69 Å². The number of carbonyl (C=O) groups is 2.